The van der Waals surface area contributed by atoms with Gasteiger partial charge < -0.3 is 10.6 Å². The average molecular weight is 305 g/mol. The molecule has 5 aliphatic rings. The van der Waals surface area contributed by atoms with Gasteiger partial charge in [-0.2, -0.15) is 0 Å². The molecule has 22 heavy (non-hydrogen) atoms. The van der Waals surface area contributed by atoms with Crippen molar-refractivity contribution in [2.75, 3.05) is 19.6 Å². The molecule has 4 aliphatic carbocycles. The molecule has 122 valence electrons. The maximum absolute atomic E-state index is 12.7. The van der Waals surface area contributed by atoms with E-state index >= 15 is 0 Å². The van der Waals surface area contributed by atoms with Crippen LogP contribution in [-0.4, -0.2) is 47.9 Å². The number of rotatable bonds is 3. The molecule has 4 bridgehead atoms. The molecule has 0 aromatic carbocycles. The van der Waals surface area contributed by atoms with Gasteiger partial charge in [-0.25, -0.2) is 0 Å². The first kappa shape index (κ1) is 14.5. The van der Waals surface area contributed by atoms with Gasteiger partial charge in [-0.15, -0.1) is 0 Å². The van der Waals surface area contributed by atoms with E-state index in [1.807, 2.05) is 11.8 Å². The summed E-state index contributed by atoms with van der Waals surface area (Å²) in [5.41, 5.74) is 0.0676. The van der Waals surface area contributed by atoms with Gasteiger partial charge in [-0.1, -0.05) is 0 Å². The van der Waals surface area contributed by atoms with Gasteiger partial charge in [0.2, 0.25) is 11.8 Å². The molecule has 1 aliphatic heterocycles. The first-order valence-corrected chi connectivity index (χ1v) is 8.86. The Morgan fingerprint density at radius 2 is 1.82 bits per heavy atom. The predicted molar refractivity (Wildman–Crippen MR) is 83.1 cm³/mol. The Morgan fingerprint density at radius 1 is 1.23 bits per heavy atom. The fourth-order valence-corrected chi connectivity index (χ4v) is 5.78. The predicted octanol–water partition coefficient (Wildman–Crippen LogP) is 0.892. The number of amides is 2. The molecule has 5 fully saturated rings. The van der Waals surface area contributed by atoms with E-state index in [0.29, 0.717) is 13.1 Å². The molecule has 2 N–H and O–H groups in total. The molecule has 4 saturated carbocycles. The Kier molecular flexibility index (Phi) is 3.44. The highest BCUT2D eigenvalue weighted by molar-refractivity contribution is 5.84. The lowest BCUT2D eigenvalue weighted by Gasteiger charge is -2.57. The fourth-order valence-electron chi connectivity index (χ4n) is 5.78. The summed E-state index contributed by atoms with van der Waals surface area (Å²) in [7, 11) is 0. The van der Waals surface area contributed by atoms with Crippen molar-refractivity contribution in [1.82, 2.24) is 15.5 Å². The second-order valence-electron chi connectivity index (χ2n) is 8.18. The Bertz CT molecular complexity index is 455. The minimum absolute atomic E-state index is 0.0284. The molecule has 0 aromatic heterocycles. The highest BCUT2D eigenvalue weighted by Gasteiger charge is 2.51. The first-order chi connectivity index (χ1) is 10.5. The number of hydrogen-bond acceptors (Lipinski definition) is 3. The second-order valence-corrected chi connectivity index (χ2v) is 8.18. The van der Waals surface area contributed by atoms with Crippen molar-refractivity contribution in [2.24, 2.45) is 17.8 Å². The van der Waals surface area contributed by atoms with E-state index in [1.54, 1.807) is 0 Å². The zero-order chi connectivity index (χ0) is 15.3. The summed E-state index contributed by atoms with van der Waals surface area (Å²) in [6, 6.07) is -0.209. The van der Waals surface area contributed by atoms with Gasteiger partial charge >= 0.3 is 0 Å². The number of piperazine rings is 1. The molecule has 2 amide bonds. The van der Waals surface area contributed by atoms with Gasteiger partial charge in [-0.05, 0) is 63.2 Å². The molecule has 5 nitrogen and oxygen atoms in total. The summed E-state index contributed by atoms with van der Waals surface area (Å²) < 4.78 is 0. The third-order valence-corrected chi connectivity index (χ3v) is 6.42. The summed E-state index contributed by atoms with van der Waals surface area (Å²) in [5, 5.41) is 6.24. The minimum Gasteiger partial charge on any atom is -0.354 e. The highest BCUT2D eigenvalue weighted by Crippen LogP contribution is 2.55. The third kappa shape index (κ3) is 2.53. The van der Waals surface area contributed by atoms with Gasteiger partial charge in [0.1, 0.15) is 0 Å². The van der Waals surface area contributed by atoms with Crippen LogP contribution >= 0.6 is 0 Å². The summed E-state index contributed by atoms with van der Waals surface area (Å²) in [6.07, 6.45) is 7.69. The second kappa shape index (κ2) is 5.22. The summed E-state index contributed by atoms with van der Waals surface area (Å²) in [5.74, 6) is 2.66. The molecule has 1 saturated heterocycles. The normalized spacial score (nSPS) is 42.0. The van der Waals surface area contributed by atoms with Gasteiger partial charge in [0.05, 0.1) is 12.6 Å². The molecular formula is C17H27N3O2. The monoisotopic (exact) mass is 305 g/mol. The largest absolute Gasteiger partial charge is 0.354 e. The van der Waals surface area contributed by atoms with E-state index in [1.165, 1.54) is 38.5 Å². The van der Waals surface area contributed by atoms with Crippen LogP contribution in [0.15, 0.2) is 0 Å². The van der Waals surface area contributed by atoms with E-state index < -0.39 is 0 Å². The number of nitrogens with zero attached hydrogens (tertiary/aromatic N) is 1. The average Bonchev–Trinajstić information content (AvgIpc) is 2.44. The van der Waals surface area contributed by atoms with Gasteiger partial charge in [0.15, 0.2) is 0 Å². The van der Waals surface area contributed by atoms with Crippen molar-refractivity contribution in [3.05, 3.63) is 0 Å². The molecule has 1 unspecified atom stereocenters. The van der Waals surface area contributed by atoms with Crippen LogP contribution < -0.4 is 10.6 Å². The maximum Gasteiger partial charge on any atom is 0.237 e. The standard InChI is InChI=1S/C17H27N3O2/c1-11(20-3-2-18-15(21)10-20)16(22)19-17-7-12-4-13(8-17)6-14(5-12)9-17/h11-14H,2-10H2,1H3,(H,18,21)(H,19,22). The fraction of sp³-hybridized carbons (Fsp3) is 0.882. The van der Waals surface area contributed by atoms with Gasteiger partial charge in [0.25, 0.3) is 0 Å². The van der Waals surface area contributed by atoms with Crippen LogP contribution in [0.4, 0.5) is 0 Å². The SMILES string of the molecule is CC(C(=O)NC12CC3CC(CC(C3)C1)C2)N1CCNC(=O)C1. The lowest BCUT2D eigenvalue weighted by atomic mass is 9.53. The molecular weight excluding hydrogens is 278 g/mol. The molecule has 1 atom stereocenters. The van der Waals surface area contributed by atoms with Crippen molar-refractivity contribution < 1.29 is 9.59 Å². The van der Waals surface area contributed by atoms with Crippen LogP contribution in [-0.2, 0) is 9.59 Å². The Balaban J connectivity index is 1.42. The van der Waals surface area contributed by atoms with Crippen molar-refractivity contribution >= 4 is 11.8 Å². The Labute approximate surface area is 132 Å². The zero-order valence-electron chi connectivity index (χ0n) is 13.4. The zero-order valence-corrected chi connectivity index (χ0v) is 13.4. The molecule has 1 heterocycles. The van der Waals surface area contributed by atoms with Crippen LogP contribution in [0.5, 0.6) is 0 Å². The van der Waals surface area contributed by atoms with E-state index in [2.05, 4.69) is 10.6 Å². The van der Waals surface area contributed by atoms with E-state index in [9.17, 15) is 9.59 Å². The molecule has 0 spiro atoms. The third-order valence-electron chi connectivity index (χ3n) is 6.42. The number of hydrogen-bond donors (Lipinski definition) is 2. The summed E-state index contributed by atoms with van der Waals surface area (Å²) in [4.78, 5) is 26.3. The number of nitrogens with one attached hydrogen (secondary N) is 2. The molecule has 5 rings (SSSR count). The topological polar surface area (TPSA) is 61.4 Å². The lowest BCUT2D eigenvalue weighted by molar-refractivity contribution is -0.134. The highest BCUT2D eigenvalue weighted by atomic mass is 16.2. The molecule has 0 aromatic rings. The minimum atomic E-state index is -0.209. The van der Waals surface area contributed by atoms with Crippen LogP contribution in [0.2, 0.25) is 0 Å². The van der Waals surface area contributed by atoms with Gasteiger partial charge in [0, 0.05) is 18.6 Å². The van der Waals surface area contributed by atoms with Crippen LogP contribution in [0, 0.1) is 17.8 Å². The smallest absolute Gasteiger partial charge is 0.237 e. The van der Waals surface area contributed by atoms with Crippen molar-refractivity contribution in [3.8, 4) is 0 Å². The Morgan fingerprint density at radius 3 is 2.36 bits per heavy atom. The lowest BCUT2D eigenvalue weighted by Crippen LogP contribution is -2.63. The number of carbonyl (C=O) groups excluding carboxylic acids is 2. The van der Waals surface area contributed by atoms with Crippen molar-refractivity contribution in [1.29, 1.82) is 0 Å². The van der Waals surface area contributed by atoms with E-state index in [0.717, 1.165) is 24.3 Å². The quantitative estimate of drug-likeness (QED) is 0.814. The van der Waals surface area contributed by atoms with Crippen LogP contribution in [0.25, 0.3) is 0 Å². The van der Waals surface area contributed by atoms with E-state index in [4.69, 9.17) is 0 Å². The maximum atomic E-state index is 12.7. The Hall–Kier alpha value is -1.10. The van der Waals surface area contributed by atoms with Gasteiger partial charge in [-0.3, -0.25) is 14.5 Å². The van der Waals surface area contributed by atoms with Crippen LogP contribution in [0.1, 0.15) is 45.4 Å². The molecule has 0 radical (unpaired) electrons. The molecule has 5 heteroatoms. The van der Waals surface area contributed by atoms with E-state index in [-0.39, 0.29) is 23.4 Å². The first-order valence-electron chi connectivity index (χ1n) is 8.86. The summed E-state index contributed by atoms with van der Waals surface area (Å²) in [6.45, 7) is 3.69. The number of carbonyl (C=O) groups is 2. The van der Waals surface area contributed by atoms with Crippen molar-refractivity contribution in [3.63, 3.8) is 0 Å². The van der Waals surface area contributed by atoms with Crippen LogP contribution in [0.3, 0.4) is 0 Å². The summed E-state index contributed by atoms with van der Waals surface area (Å²) >= 11 is 0. The van der Waals surface area contributed by atoms with Crippen molar-refractivity contribution in [2.45, 2.75) is 57.0 Å².